The van der Waals surface area contributed by atoms with Crippen molar-refractivity contribution < 1.29 is 22.0 Å². The highest BCUT2D eigenvalue weighted by molar-refractivity contribution is 7.89. The summed E-state index contributed by atoms with van der Waals surface area (Å²) >= 11 is 0. The maximum absolute atomic E-state index is 13.7. The van der Waals surface area contributed by atoms with Crippen LogP contribution in [0, 0.1) is 11.6 Å². The fourth-order valence-electron chi connectivity index (χ4n) is 4.49. The minimum atomic E-state index is -4.16. The van der Waals surface area contributed by atoms with Crippen LogP contribution in [0.2, 0.25) is 0 Å². The van der Waals surface area contributed by atoms with Gasteiger partial charge in [0.15, 0.2) is 5.78 Å². The van der Waals surface area contributed by atoms with E-state index in [1.165, 1.54) is 0 Å². The normalized spacial score (nSPS) is 14.2. The van der Waals surface area contributed by atoms with Crippen LogP contribution < -0.4 is 10.6 Å². The standard InChI is InChI=1S/C27H34F2N6O3S/c1-17(2)33(3)9-10-34(4)20-5-6-22(24(30)14-20)27(36)15-26-23-16-35(8-7-25(23)31-32-26)39(37,38)21-12-18(28)11-19(29)13-21/h5-6,11-14,17H,7-10,15-16,30H2,1-4H3,(H,31,32). The molecule has 0 aliphatic carbocycles. The molecule has 0 fully saturated rings. The SMILES string of the molecule is CC(C)N(C)CCN(C)c1ccc(C(=O)Cc2n[nH]c3c2CN(S(=O)(=O)c2cc(F)cc(F)c2)CC3)c(N)c1. The van der Waals surface area contributed by atoms with E-state index in [0.717, 1.165) is 40.9 Å². The molecule has 210 valence electrons. The number of sulfonamides is 1. The van der Waals surface area contributed by atoms with Crippen molar-refractivity contribution in [2.75, 3.05) is 44.4 Å². The van der Waals surface area contributed by atoms with Crippen LogP contribution in [-0.2, 0) is 29.4 Å². The van der Waals surface area contributed by atoms with E-state index in [0.29, 0.717) is 41.0 Å². The summed E-state index contributed by atoms with van der Waals surface area (Å²) in [7, 11) is -0.122. The molecule has 0 radical (unpaired) electrons. The highest BCUT2D eigenvalue weighted by Crippen LogP contribution is 2.28. The number of carbonyl (C=O) groups is 1. The summed E-state index contributed by atoms with van der Waals surface area (Å²) in [5, 5.41) is 7.17. The van der Waals surface area contributed by atoms with Gasteiger partial charge in [0, 0.05) is 80.0 Å². The van der Waals surface area contributed by atoms with Gasteiger partial charge >= 0.3 is 0 Å². The Kier molecular flexibility index (Phi) is 8.38. The molecule has 12 heteroatoms. The molecule has 3 N–H and O–H groups in total. The third-order valence-electron chi connectivity index (χ3n) is 7.23. The number of halogens is 2. The van der Waals surface area contributed by atoms with Crippen LogP contribution in [-0.4, -0.2) is 73.4 Å². The first-order valence-electron chi connectivity index (χ1n) is 12.7. The van der Waals surface area contributed by atoms with Crippen molar-refractivity contribution in [2.45, 2.75) is 44.2 Å². The van der Waals surface area contributed by atoms with Crippen LogP contribution in [0.25, 0.3) is 0 Å². The van der Waals surface area contributed by atoms with Gasteiger partial charge in [-0.05, 0) is 51.2 Å². The van der Waals surface area contributed by atoms with Gasteiger partial charge in [-0.25, -0.2) is 17.2 Å². The van der Waals surface area contributed by atoms with E-state index in [9.17, 15) is 22.0 Å². The molecule has 2 heterocycles. The number of hydrogen-bond donors (Lipinski definition) is 2. The van der Waals surface area contributed by atoms with Crippen LogP contribution in [0.3, 0.4) is 0 Å². The van der Waals surface area contributed by atoms with Gasteiger partial charge in [-0.15, -0.1) is 0 Å². The maximum atomic E-state index is 13.7. The van der Waals surface area contributed by atoms with E-state index in [1.807, 2.05) is 13.1 Å². The Bertz CT molecular complexity index is 1450. The Morgan fingerprint density at radius 3 is 2.46 bits per heavy atom. The number of aromatic amines is 1. The lowest BCUT2D eigenvalue weighted by atomic mass is 9.99. The molecule has 1 aromatic heterocycles. The lowest BCUT2D eigenvalue weighted by Gasteiger charge is -2.26. The predicted molar refractivity (Wildman–Crippen MR) is 146 cm³/mol. The zero-order valence-electron chi connectivity index (χ0n) is 22.5. The quantitative estimate of drug-likeness (QED) is 0.289. The van der Waals surface area contributed by atoms with Gasteiger partial charge in [0.1, 0.15) is 11.6 Å². The van der Waals surface area contributed by atoms with Crippen molar-refractivity contribution in [2.24, 2.45) is 0 Å². The van der Waals surface area contributed by atoms with Crippen LogP contribution in [0.4, 0.5) is 20.2 Å². The zero-order chi connectivity index (χ0) is 28.5. The lowest BCUT2D eigenvalue weighted by Crippen LogP contribution is -2.36. The number of rotatable bonds is 10. The van der Waals surface area contributed by atoms with Crippen molar-refractivity contribution in [1.82, 2.24) is 19.4 Å². The third-order valence-corrected chi connectivity index (χ3v) is 9.05. The summed E-state index contributed by atoms with van der Waals surface area (Å²) in [5.41, 5.74) is 9.60. The molecule has 0 unspecified atom stereocenters. The average molecular weight is 561 g/mol. The Morgan fingerprint density at radius 2 is 1.82 bits per heavy atom. The Balaban J connectivity index is 1.48. The summed E-state index contributed by atoms with van der Waals surface area (Å²) < 4.78 is 54.7. The largest absolute Gasteiger partial charge is 0.398 e. The Hall–Kier alpha value is -3.35. The molecule has 1 aliphatic heterocycles. The van der Waals surface area contributed by atoms with Gasteiger partial charge in [0.25, 0.3) is 0 Å². The van der Waals surface area contributed by atoms with Crippen molar-refractivity contribution >= 4 is 27.2 Å². The second-order valence-electron chi connectivity index (χ2n) is 10.2. The molecule has 0 saturated heterocycles. The number of ketones is 1. The second-order valence-corrected chi connectivity index (χ2v) is 12.1. The second kappa shape index (κ2) is 11.4. The van der Waals surface area contributed by atoms with E-state index >= 15 is 0 Å². The Morgan fingerprint density at radius 1 is 1.13 bits per heavy atom. The molecular formula is C27H34F2N6O3S. The highest BCUT2D eigenvalue weighted by Gasteiger charge is 2.32. The van der Waals surface area contributed by atoms with Crippen LogP contribution >= 0.6 is 0 Å². The minimum absolute atomic E-state index is 0.0705. The lowest BCUT2D eigenvalue weighted by molar-refractivity contribution is 0.0992. The molecule has 0 spiro atoms. The minimum Gasteiger partial charge on any atom is -0.398 e. The smallest absolute Gasteiger partial charge is 0.243 e. The number of anilines is 2. The molecule has 3 aromatic rings. The fourth-order valence-corrected chi connectivity index (χ4v) is 5.94. The maximum Gasteiger partial charge on any atom is 0.243 e. The number of H-pyrrole nitrogens is 1. The van der Waals surface area contributed by atoms with E-state index in [2.05, 4.69) is 40.9 Å². The van der Waals surface area contributed by atoms with Gasteiger partial charge in [0.2, 0.25) is 10.0 Å². The number of aromatic nitrogens is 2. The van der Waals surface area contributed by atoms with Gasteiger partial charge in [-0.3, -0.25) is 9.89 Å². The number of nitrogen functional groups attached to an aromatic ring is 1. The number of carbonyl (C=O) groups excluding carboxylic acids is 1. The van der Waals surface area contributed by atoms with Crippen LogP contribution in [0.1, 0.15) is 41.2 Å². The van der Waals surface area contributed by atoms with Gasteiger partial charge in [0.05, 0.1) is 17.0 Å². The van der Waals surface area contributed by atoms with Crippen LogP contribution in [0.5, 0.6) is 0 Å². The van der Waals surface area contributed by atoms with Gasteiger partial charge in [-0.2, -0.15) is 9.40 Å². The predicted octanol–water partition coefficient (Wildman–Crippen LogP) is 3.22. The molecule has 2 aromatic carbocycles. The van der Waals surface area contributed by atoms with E-state index in [1.54, 1.807) is 12.1 Å². The van der Waals surface area contributed by atoms with Crippen molar-refractivity contribution in [3.63, 3.8) is 0 Å². The monoisotopic (exact) mass is 560 g/mol. The Labute approximate surface area is 227 Å². The molecule has 0 atom stereocenters. The highest BCUT2D eigenvalue weighted by atomic mass is 32.2. The summed E-state index contributed by atoms with van der Waals surface area (Å²) in [6, 6.07) is 7.97. The number of hydrogen-bond acceptors (Lipinski definition) is 7. The zero-order valence-corrected chi connectivity index (χ0v) is 23.4. The number of fused-ring (bicyclic) bond motifs is 1. The molecular weight excluding hydrogens is 526 g/mol. The van der Waals surface area contributed by atoms with E-state index in [4.69, 9.17) is 5.73 Å². The summed E-state index contributed by atoms with van der Waals surface area (Å²) in [6.45, 7) is 5.98. The number of Topliss-reactive ketones (excluding diaryl/α,β-unsaturated/α-hetero) is 1. The van der Waals surface area contributed by atoms with Crippen LogP contribution in [0.15, 0.2) is 41.3 Å². The number of nitrogens with two attached hydrogens (primary N) is 1. The molecule has 0 amide bonds. The molecule has 1 aliphatic rings. The first-order valence-corrected chi connectivity index (χ1v) is 14.2. The third kappa shape index (κ3) is 6.29. The van der Waals surface area contributed by atoms with Crippen molar-refractivity contribution in [3.05, 3.63) is 70.5 Å². The van der Waals surface area contributed by atoms with Crippen molar-refractivity contribution in [1.29, 1.82) is 0 Å². The molecule has 0 bridgehead atoms. The topological polar surface area (TPSA) is 116 Å². The average Bonchev–Trinajstić information content (AvgIpc) is 3.28. The first-order chi connectivity index (χ1) is 18.4. The number of nitrogens with zero attached hydrogens (tertiary/aromatic N) is 4. The molecule has 9 nitrogen and oxygen atoms in total. The summed E-state index contributed by atoms with van der Waals surface area (Å²) in [5.74, 6) is -2.19. The van der Waals surface area contributed by atoms with Gasteiger partial charge < -0.3 is 15.5 Å². The molecule has 4 rings (SSSR count). The van der Waals surface area contributed by atoms with Gasteiger partial charge in [-0.1, -0.05) is 0 Å². The fraction of sp³-hybridized carbons (Fsp3) is 0.407. The summed E-state index contributed by atoms with van der Waals surface area (Å²) in [4.78, 5) is 17.1. The van der Waals surface area contributed by atoms with Crippen molar-refractivity contribution in [3.8, 4) is 0 Å². The van der Waals surface area contributed by atoms with E-state index in [-0.39, 0.29) is 25.3 Å². The molecule has 0 saturated carbocycles. The number of nitrogens with one attached hydrogen (secondary N) is 1. The number of likely N-dealkylation sites (N-methyl/N-ethyl adjacent to an activating group) is 2. The first kappa shape index (κ1) is 28.7. The number of benzene rings is 2. The van der Waals surface area contributed by atoms with E-state index < -0.39 is 26.6 Å². The molecule has 39 heavy (non-hydrogen) atoms. The summed E-state index contributed by atoms with van der Waals surface area (Å²) in [6.07, 6.45) is 0.246.